The normalized spacial score (nSPS) is 26.1. The Kier molecular flexibility index (Phi) is 4.74. The molecule has 0 aromatic heterocycles. The van der Waals surface area contributed by atoms with Gasteiger partial charge in [0.2, 0.25) is 11.8 Å². The van der Waals surface area contributed by atoms with Crippen LogP contribution in [-0.4, -0.2) is 40.7 Å². The number of anilines is 1. The molecule has 2 aromatic carbocycles. The van der Waals surface area contributed by atoms with E-state index in [1.165, 1.54) is 4.90 Å². The summed E-state index contributed by atoms with van der Waals surface area (Å²) in [4.78, 5) is 41.8. The summed E-state index contributed by atoms with van der Waals surface area (Å²) in [5.74, 6) is -2.89. The first-order valence-corrected chi connectivity index (χ1v) is 11.2. The van der Waals surface area contributed by atoms with Crippen molar-refractivity contribution in [1.82, 2.24) is 5.01 Å². The van der Waals surface area contributed by atoms with Crippen LogP contribution in [0.5, 0.6) is 0 Å². The largest absolute Gasteiger partial charge is 0.458 e. The van der Waals surface area contributed by atoms with Crippen LogP contribution in [0.25, 0.3) is 0 Å². The predicted molar refractivity (Wildman–Crippen MR) is 122 cm³/mol. The number of hydrogen-bond acceptors (Lipinski definition) is 6. The van der Waals surface area contributed by atoms with Gasteiger partial charge in [-0.2, -0.15) is 5.10 Å². The molecular weight excluding hydrogens is 474 g/mol. The number of ether oxygens (including phenoxy) is 1. The Morgan fingerprint density at radius 3 is 2.34 bits per heavy atom. The molecule has 1 unspecified atom stereocenters. The summed E-state index contributed by atoms with van der Waals surface area (Å²) < 4.78 is 6.51. The van der Waals surface area contributed by atoms with E-state index in [1.807, 2.05) is 24.3 Å². The van der Waals surface area contributed by atoms with E-state index in [9.17, 15) is 14.4 Å². The summed E-state index contributed by atoms with van der Waals surface area (Å²) in [7, 11) is 0. The number of carbonyl (C=O) groups is 3. The van der Waals surface area contributed by atoms with Gasteiger partial charge in [-0.05, 0) is 56.2 Å². The van der Waals surface area contributed by atoms with Crippen LogP contribution in [0, 0.1) is 11.8 Å². The molecule has 2 amide bonds. The lowest BCUT2D eigenvalue weighted by Crippen LogP contribution is -2.46. The number of amides is 2. The molecule has 2 aromatic rings. The second-order valence-corrected chi connectivity index (χ2v) is 10.1. The van der Waals surface area contributed by atoms with Crippen molar-refractivity contribution < 1.29 is 19.1 Å². The van der Waals surface area contributed by atoms with Crippen molar-refractivity contribution in [2.45, 2.75) is 38.5 Å². The molecule has 7 nitrogen and oxygen atoms in total. The quantitative estimate of drug-likeness (QED) is 0.469. The minimum atomic E-state index is -0.981. The summed E-state index contributed by atoms with van der Waals surface area (Å²) in [5, 5.41) is 6.10. The summed E-state index contributed by atoms with van der Waals surface area (Å²) in [6, 6.07) is 13.1. The van der Waals surface area contributed by atoms with Crippen LogP contribution in [0.1, 0.15) is 37.9 Å². The number of esters is 1. The summed E-state index contributed by atoms with van der Waals surface area (Å²) in [6.45, 7) is 5.33. The van der Waals surface area contributed by atoms with Gasteiger partial charge in [-0.3, -0.25) is 14.6 Å². The molecule has 164 valence electrons. The average molecular weight is 496 g/mol. The van der Waals surface area contributed by atoms with Gasteiger partial charge in [-0.15, -0.1) is 0 Å². The summed E-state index contributed by atoms with van der Waals surface area (Å²) in [6.07, 6.45) is 1.67. The molecule has 0 spiro atoms. The number of hydrazone groups is 1. The van der Waals surface area contributed by atoms with E-state index in [0.29, 0.717) is 5.69 Å². The summed E-state index contributed by atoms with van der Waals surface area (Å²) in [5.41, 5.74) is 1.50. The first kappa shape index (κ1) is 20.9. The lowest BCUT2D eigenvalue weighted by molar-refractivity contribution is -0.163. The number of hydrogen-bond donors (Lipinski definition) is 0. The highest BCUT2D eigenvalue weighted by atomic mass is 79.9. The molecule has 3 heterocycles. The van der Waals surface area contributed by atoms with E-state index in [1.54, 1.807) is 56.3 Å². The molecule has 4 atom stereocenters. The van der Waals surface area contributed by atoms with E-state index in [4.69, 9.17) is 4.74 Å². The number of carbonyl (C=O) groups excluding carboxylic acids is 3. The van der Waals surface area contributed by atoms with Crippen molar-refractivity contribution in [3.63, 3.8) is 0 Å². The van der Waals surface area contributed by atoms with Crippen LogP contribution in [-0.2, 0) is 19.1 Å². The van der Waals surface area contributed by atoms with Crippen molar-refractivity contribution in [1.29, 1.82) is 0 Å². The van der Waals surface area contributed by atoms with Gasteiger partial charge >= 0.3 is 5.97 Å². The fourth-order valence-electron chi connectivity index (χ4n) is 4.85. The Morgan fingerprint density at radius 1 is 1.00 bits per heavy atom. The maximum atomic E-state index is 13.7. The fraction of sp³-hybridized carbons (Fsp3) is 0.333. The van der Waals surface area contributed by atoms with Gasteiger partial charge in [-0.25, -0.2) is 9.69 Å². The van der Waals surface area contributed by atoms with Crippen LogP contribution in [0.2, 0.25) is 0 Å². The van der Waals surface area contributed by atoms with Gasteiger partial charge in [0.25, 0.3) is 0 Å². The minimum Gasteiger partial charge on any atom is -0.458 e. The SMILES string of the molecule is CC(C)(C)OC(=O)[C@H]1[C@H]2C(=O)N(c3ccc(Br)cc3)C(=O)[C@H]2C2c3ccccc3C=NN21. The van der Waals surface area contributed by atoms with Crippen LogP contribution >= 0.6 is 15.9 Å². The van der Waals surface area contributed by atoms with Crippen LogP contribution < -0.4 is 4.90 Å². The van der Waals surface area contributed by atoms with E-state index in [2.05, 4.69) is 21.0 Å². The second kappa shape index (κ2) is 7.27. The standard InChI is InChI=1S/C24H22BrN3O4/c1-24(2,3)32-23(31)20-18-17(19-16-7-5-4-6-13(16)12-26-28(19)20)21(29)27(22(18)30)15-10-8-14(25)9-11-15/h4-12,17-20H,1-3H3/t17-,18+,19?,20-/m1/s1. The third-order valence-corrected chi connectivity index (χ3v) is 6.55. The van der Waals surface area contributed by atoms with Crippen molar-refractivity contribution in [2.75, 3.05) is 4.90 Å². The van der Waals surface area contributed by atoms with Crippen LogP contribution in [0.3, 0.4) is 0 Å². The molecule has 0 bridgehead atoms. The molecule has 32 heavy (non-hydrogen) atoms. The van der Waals surface area contributed by atoms with Gasteiger partial charge in [-0.1, -0.05) is 40.2 Å². The number of halogens is 1. The second-order valence-electron chi connectivity index (χ2n) is 9.22. The molecule has 0 aliphatic carbocycles. The summed E-state index contributed by atoms with van der Waals surface area (Å²) >= 11 is 3.38. The van der Waals surface area contributed by atoms with Crippen molar-refractivity contribution in [3.05, 3.63) is 64.1 Å². The van der Waals surface area contributed by atoms with Gasteiger partial charge in [0, 0.05) is 4.47 Å². The van der Waals surface area contributed by atoms with Crippen molar-refractivity contribution in [3.8, 4) is 0 Å². The first-order valence-electron chi connectivity index (χ1n) is 10.4. The fourth-order valence-corrected chi connectivity index (χ4v) is 5.11. The van der Waals surface area contributed by atoms with Crippen LogP contribution in [0.15, 0.2) is 58.1 Å². The molecular formula is C24H22BrN3O4. The Hall–Kier alpha value is -3.00. The number of nitrogens with zero attached hydrogens (tertiary/aromatic N) is 3. The number of rotatable bonds is 2. The number of fused-ring (bicyclic) bond motifs is 5. The van der Waals surface area contributed by atoms with Gasteiger partial charge in [0.15, 0.2) is 6.04 Å². The van der Waals surface area contributed by atoms with Crippen LogP contribution in [0.4, 0.5) is 5.69 Å². The molecule has 0 saturated carbocycles. The number of imide groups is 1. The van der Waals surface area contributed by atoms with Gasteiger partial charge < -0.3 is 4.74 Å². The van der Waals surface area contributed by atoms with E-state index >= 15 is 0 Å². The monoisotopic (exact) mass is 495 g/mol. The third-order valence-electron chi connectivity index (χ3n) is 6.03. The zero-order valence-corrected chi connectivity index (χ0v) is 19.4. The highest BCUT2D eigenvalue weighted by molar-refractivity contribution is 9.10. The lowest BCUT2D eigenvalue weighted by Gasteiger charge is -2.34. The zero-order valence-electron chi connectivity index (χ0n) is 17.9. The third kappa shape index (κ3) is 3.16. The molecule has 2 saturated heterocycles. The Labute approximate surface area is 194 Å². The lowest BCUT2D eigenvalue weighted by atomic mass is 9.85. The predicted octanol–water partition coefficient (Wildman–Crippen LogP) is 3.67. The number of benzene rings is 2. The van der Waals surface area contributed by atoms with Gasteiger partial charge in [0.05, 0.1) is 29.8 Å². The molecule has 0 radical (unpaired) electrons. The average Bonchev–Trinajstić information content (AvgIpc) is 3.21. The molecule has 0 N–H and O–H groups in total. The first-order chi connectivity index (χ1) is 15.2. The molecule has 2 fully saturated rings. The maximum absolute atomic E-state index is 13.7. The Morgan fingerprint density at radius 2 is 1.66 bits per heavy atom. The molecule has 5 rings (SSSR count). The Bertz CT molecular complexity index is 1150. The van der Waals surface area contributed by atoms with Crippen molar-refractivity contribution >= 4 is 45.6 Å². The minimum absolute atomic E-state index is 0.324. The maximum Gasteiger partial charge on any atom is 0.331 e. The van der Waals surface area contributed by atoms with E-state index < -0.39 is 41.4 Å². The van der Waals surface area contributed by atoms with E-state index in [0.717, 1.165) is 15.6 Å². The highest BCUT2D eigenvalue weighted by Crippen LogP contribution is 2.52. The zero-order chi connectivity index (χ0) is 22.8. The molecule has 3 aliphatic heterocycles. The van der Waals surface area contributed by atoms with Crippen molar-refractivity contribution in [2.24, 2.45) is 16.9 Å². The smallest absolute Gasteiger partial charge is 0.331 e. The highest BCUT2D eigenvalue weighted by Gasteiger charge is 2.66. The molecule has 3 aliphatic rings. The van der Waals surface area contributed by atoms with E-state index in [-0.39, 0.29) is 5.91 Å². The van der Waals surface area contributed by atoms with Gasteiger partial charge in [0.1, 0.15) is 5.60 Å². The molecule has 8 heteroatoms. The Balaban J connectivity index is 1.62. The topological polar surface area (TPSA) is 79.3 Å².